The molecule has 5 rings (SSSR count). The van der Waals surface area contributed by atoms with E-state index in [9.17, 15) is 8.42 Å². The van der Waals surface area contributed by atoms with Crippen molar-refractivity contribution in [2.24, 2.45) is 7.05 Å². The highest BCUT2D eigenvalue weighted by atomic mass is 32.2. The molecule has 0 aromatic carbocycles. The lowest BCUT2D eigenvalue weighted by molar-refractivity contribution is 0.559. The van der Waals surface area contributed by atoms with Crippen LogP contribution in [0.15, 0.2) is 29.4 Å². The molecule has 0 N–H and O–H groups in total. The Kier molecular flexibility index (Phi) is 2.81. The number of hydrogen-bond acceptors (Lipinski definition) is 5. The Morgan fingerprint density at radius 2 is 2.08 bits per heavy atom. The predicted molar refractivity (Wildman–Crippen MR) is 89.7 cm³/mol. The Labute approximate surface area is 140 Å². The quantitative estimate of drug-likeness (QED) is 0.843. The van der Waals surface area contributed by atoms with Crippen molar-refractivity contribution in [3.05, 3.63) is 30.1 Å². The zero-order valence-electron chi connectivity index (χ0n) is 13.5. The molecule has 2 aliphatic heterocycles. The predicted octanol–water partition coefficient (Wildman–Crippen LogP) is 1.48. The van der Waals surface area contributed by atoms with Crippen LogP contribution in [0.1, 0.15) is 30.9 Å². The summed E-state index contributed by atoms with van der Waals surface area (Å²) in [5.41, 5.74) is 1.79. The van der Waals surface area contributed by atoms with Crippen molar-refractivity contribution >= 4 is 21.5 Å². The highest BCUT2D eigenvalue weighted by molar-refractivity contribution is 7.92. The smallest absolute Gasteiger partial charge is 0.283 e. The van der Waals surface area contributed by atoms with Crippen LogP contribution in [0.3, 0.4) is 0 Å². The van der Waals surface area contributed by atoms with Gasteiger partial charge in [-0.2, -0.15) is 13.5 Å². The number of pyridine rings is 1. The summed E-state index contributed by atoms with van der Waals surface area (Å²) < 4.78 is 29.9. The van der Waals surface area contributed by atoms with E-state index in [0.29, 0.717) is 11.7 Å². The topological polar surface area (TPSA) is 71.3 Å². The van der Waals surface area contributed by atoms with Gasteiger partial charge in [0.2, 0.25) is 0 Å². The maximum absolute atomic E-state index is 13.4. The Hall–Kier alpha value is -2.09. The summed E-state index contributed by atoms with van der Waals surface area (Å²) >= 11 is 0. The van der Waals surface area contributed by atoms with Gasteiger partial charge in [-0.3, -0.25) is 4.68 Å². The molecule has 24 heavy (non-hydrogen) atoms. The van der Waals surface area contributed by atoms with Gasteiger partial charge in [0, 0.05) is 38.3 Å². The highest BCUT2D eigenvalue weighted by Crippen LogP contribution is 2.43. The van der Waals surface area contributed by atoms with Gasteiger partial charge in [0.25, 0.3) is 10.0 Å². The second-order valence-electron chi connectivity index (χ2n) is 6.84. The van der Waals surface area contributed by atoms with E-state index in [0.717, 1.165) is 43.7 Å². The van der Waals surface area contributed by atoms with E-state index in [1.165, 1.54) is 8.99 Å². The molecule has 3 aliphatic rings. The minimum Gasteiger partial charge on any atom is -0.366 e. The summed E-state index contributed by atoms with van der Waals surface area (Å²) in [7, 11) is -1.97. The number of anilines is 2. The monoisotopic (exact) mass is 345 g/mol. The van der Waals surface area contributed by atoms with Crippen LogP contribution in [0.5, 0.6) is 0 Å². The Balaban J connectivity index is 1.65. The SMILES string of the molecule is Cn1nc(C2CC2)cc1S(=O)(=O)N1c2ncccc2N2CCC1C2. The number of aryl methyl sites for hydroxylation is 1. The molecular formula is C16H19N5O2S. The maximum atomic E-state index is 13.4. The van der Waals surface area contributed by atoms with Gasteiger partial charge >= 0.3 is 0 Å². The van der Waals surface area contributed by atoms with Crippen LogP contribution in [0.2, 0.25) is 0 Å². The summed E-state index contributed by atoms with van der Waals surface area (Å²) in [6, 6.07) is 5.50. The zero-order valence-corrected chi connectivity index (χ0v) is 14.3. The molecule has 4 heterocycles. The minimum atomic E-state index is -3.68. The fourth-order valence-corrected chi connectivity index (χ4v) is 5.61. The summed E-state index contributed by atoms with van der Waals surface area (Å²) in [6.07, 6.45) is 4.68. The second-order valence-corrected chi connectivity index (χ2v) is 8.60. The van der Waals surface area contributed by atoms with Crippen molar-refractivity contribution in [2.45, 2.75) is 36.2 Å². The van der Waals surface area contributed by atoms with Crippen molar-refractivity contribution in [3.63, 3.8) is 0 Å². The van der Waals surface area contributed by atoms with Crippen molar-refractivity contribution in [2.75, 3.05) is 22.3 Å². The first-order chi connectivity index (χ1) is 11.6. The Morgan fingerprint density at radius 3 is 2.88 bits per heavy atom. The fourth-order valence-electron chi connectivity index (χ4n) is 3.83. The molecule has 1 saturated heterocycles. The first-order valence-corrected chi connectivity index (χ1v) is 9.78. The molecule has 7 nitrogen and oxygen atoms in total. The highest BCUT2D eigenvalue weighted by Gasteiger charge is 2.44. The van der Waals surface area contributed by atoms with Crippen LogP contribution in [-0.2, 0) is 17.1 Å². The number of rotatable bonds is 3. The molecule has 0 amide bonds. The lowest BCUT2D eigenvalue weighted by Crippen LogP contribution is -2.46. The third kappa shape index (κ3) is 1.92. The molecule has 1 unspecified atom stereocenters. The molecule has 126 valence electrons. The molecule has 0 radical (unpaired) electrons. The van der Waals surface area contributed by atoms with Gasteiger partial charge in [0.1, 0.15) is 0 Å². The second kappa shape index (κ2) is 4.72. The number of nitrogens with zero attached hydrogens (tertiary/aromatic N) is 5. The molecule has 1 atom stereocenters. The van der Waals surface area contributed by atoms with E-state index in [2.05, 4.69) is 15.0 Å². The van der Waals surface area contributed by atoms with Crippen molar-refractivity contribution in [1.29, 1.82) is 0 Å². The van der Waals surface area contributed by atoms with Gasteiger partial charge in [-0.25, -0.2) is 9.29 Å². The van der Waals surface area contributed by atoms with E-state index in [4.69, 9.17) is 0 Å². The fraction of sp³-hybridized carbons (Fsp3) is 0.500. The number of aromatic nitrogens is 3. The number of fused-ring (bicyclic) bond motifs is 4. The molecule has 2 aromatic heterocycles. The zero-order chi connectivity index (χ0) is 16.5. The van der Waals surface area contributed by atoms with E-state index >= 15 is 0 Å². The summed E-state index contributed by atoms with van der Waals surface area (Å²) in [5, 5.41) is 4.70. The standard InChI is InChI=1S/C16H19N5O2S/c1-19-15(9-13(18-19)11-4-5-11)24(22,23)21-12-6-8-20(10-12)14-3-2-7-17-16(14)21/h2-3,7,9,11-12H,4-6,8,10H2,1H3. The van der Waals surface area contributed by atoms with Gasteiger partial charge in [-0.15, -0.1) is 0 Å². The maximum Gasteiger partial charge on any atom is 0.283 e. The lowest BCUT2D eigenvalue weighted by atomic mass is 10.2. The van der Waals surface area contributed by atoms with E-state index < -0.39 is 10.0 Å². The van der Waals surface area contributed by atoms with Crippen LogP contribution in [-0.4, -0.2) is 42.3 Å². The van der Waals surface area contributed by atoms with Gasteiger partial charge in [0.15, 0.2) is 10.8 Å². The van der Waals surface area contributed by atoms with Crippen molar-refractivity contribution in [3.8, 4) is 0 Å². The average molecular weight is 345 g/mol. The molecule has 2 aromatic rings. The van der Waals surface area contributed by atoms with Crippen molar-refractivity contribution in [1.82, 2.24) is 14.8 Å². The largest absolute Gasteiger partial charge is 0.366 e. The molecule has 0 spiro atoms. The third-order valence-corrected chi connectivity index (χ3v) is 7.08. The van der Waals surface area contributed by atoms with Crippen LogP contribution in [0.4, 0.5) is 11.5 Å². The third-order valence-electron chi connectivity index (χ3n) is 5.19. The summed E-state index contributed by atoms with van der Waals surface area (Å²) in [5.74, 6) is 0.967. The van der Waals surface area contributed by atoms with Gasteiger partial charge in [-0.05, 0) is 31.4 Å². The van der Waals surface area contributed by atoms with E-state index in [1.54, 1.807) is 19.3 Å². The Morgan fingerprint density at radius 1 is 1.25 bits per heavy atom. The van der Waals surface area contributed by atoms with Crippen molar-refractivity contribution < 1.29 is 8.42 Å². The molecule has 1 saturated carbocycles. The lowest BCUT2D eigenvalue weighted by Gasteiger charge is -2.35. The Bertz CT molecular complexity index is 918. The summed E-state index contributed by atoms with van der Waals surface area (Å²) in [4.78, 5) is 6.61. The molecule has 8 heteroatoms. The van der Waals surface area contributed by atoms with E-state index in [1.807, 2.05) is 12.1 Å². The molecule has 2 bridgehead atoms. The molecular weight excluding hydrogens is 326 g/mol. The molecule has 1 aliphatic carbocycles. The average Bonchev–Trinajstić information content (AvgIpc) is 3.22. The minimum absolute atomic E-state index is 0.0586. The van der Waals surface area contributed by atoms with Crippen LogP contribution in [0.25, 0.3) is 0 Å². The van der Waals surface area contributed by atoms with Gasteiger partial charge in [0.05, 0.1) is 17.4 Å². The van der Waals surface area contributed by atoms with Gasteiger partial charge in [-0.1, -0.05) is 0 Å². The van der Waals surface area contributed by atoms with Crippen LogP contribution < -0.4 is 9.21 Å². The summed E-state index contributed by atoms with van der Waals surface area (Å²) in [6.45, 7) is 1.60. The molecule has 2 fully saturated rings. The normalized spacial score (nSPS) is 22.8. The number of sulfonamides is 1. The first kappa shape index (κ1) is 14.3. The van der Waals surface area contributed by atoms with E-state index in [-0.39, 0.29) is 11.1 Å². The van der Waals surface area contributed by atoms with Crippen LogP contribution in [0, 0.1) is 0 Å². The number of hydrogen-bond donors (Lipinski definition) is 0. The van der Waals surface area contributed by atoms with Gasteiger partial charge < -0.3 is 4.90 Å². The van der Waals surface area contributed by atoms with Crippen LogP contribution >= 0.6 is 0 Å². The first-order valence-electron chi connectivity index (χ1n) is 8.34.